The van der Waals surface area contributed by atoms with Crippen molar-refractivity contribution in [2.24, 2.45) is 0 Å². The van der Waals surface area contributed by atoms with E-state index < -0.39 is 27.4 Å². The second kappa shape index (κ2) is 8.22. The zero-order chi connectivity index (χ0) is 19.4. The molecule has 1 N–H and O–H groups in total. The second-order valence-corrected chi connectivity index (χ2v) is 8.31. The number of hydrogen-bond donors (Lipinski definition) is 1. The van der Waals surface area contributed by atoms with Crippen LogP contribution in [0.1, 0.15) is 18.4 Å². The van der Waals surface area contributed by atoms with E-state index in [1.54, 1.807) is 19.2 Å². The maximum Gasteiger partial charge on any atom is 0.237 e. The average molecular weight is 396 g/mol. The highest BCUT2D eigenvalue weighted by Gasteiger charge is 2.20. The summed E-state index contributed by atoms with van der Waals surface area (Å²) in [7, 11) is -2.17. The number of piperidine rings is 1. The Morgan fingerprint density at radius 3 is 2.63 bits per heavy atom. The summed E-state index contributed by atoms with van der Waals surface area (Å²) in [5.74, 6) is -2.07. The Kier molecular flexibility index (Phi) is 5.96. The lowest BCUT2D eigenvalue weighted by Gasteiger charge is -2.33. The van der Waals surface area contributed by atoms with Gasteiger partial charge >= 0.3 is 0 Å². The van der Waals surface area contributed by atoms with Crippen LogP contribution in [-0.4, -0.2) is 34.7 Å². The third-order valence-electron chi connectivity index (χ3n) is 4.57. The molecule has 1 fully saturated rings. The number of methoxy groups -OCH3 is 1. The molecule has 1 atom stereocenters. The van der Waals surface area contributed by atoms with Gasteiger partial charge in [0.1, 0.15) is 11.6 Å². The predicted molar refractivity (Wildman–Crippen MR) is 101 cm³/mol. The third-order valence-corrected chi connectivity index (χ3v) is 5.81. The van der Waals surface area contributed by atoms with Crippen molar-refractivity contribution in [2.75, 3.05) is 29.8 Å². The molecule has 3 rings (SSSR count). The molecule has 1 saturated heterocycles. The van der Waals surface area contributed by atoms with E-state index in [2.05, 4.69) is 9.62 Å². The van der Waals surface area contributed by atoms with Crippen LogP contribution in [0.2, 0.25) is 0 Å². The summed E-state index contributed by atoms with van der Waals surface area (Å²) in [5.41, 5.74) is 1.14. The molecule has 1 unspecified atom stereocenters. The SMILES string of the molecule is COC1CCCN(c2ccc(NS(=O)(=O)Cc3cc(F)ccc3F)cc2)C1. The number of nitrogens with one attached hydrogen (secondary N) is 1. The molecule has 5 nitrogen and oxygen atoms in total. The Balaban J connectivity index is 1.67. The fourth-order valence-electron chi connectivity index (χ4n) is 3.18. The number of rotatable bonds is 6. The van der Waals surface area contributed by atoms with Crippen LogP contribution < -0.4 is 9.62 Å². The minimum Gasteiger partial charge on any atom is -0.380 e. The molecule has 146 valence electrons. The summed E-state index contributed by atoms with van der Waals surface area (Å²) in [4.78, 5) is 2.19. The van der Waals surface area contributed by atoms with Crippen LogP contribution in [0.25, 0.3) is 0 Å². The number of ether oxygens (including phenoxy) is 1. The van der Waals surface area contributed by atoms with Crippen LogP contribution in [0.4, 0.5) is 20.2 Å². The van der Waals surface area contributed by atoms with Gasteiger partial charge in [0.05, 0.1) is 11.9 Å². The van der Waals surface area contributed by atoms with Crippen molar-refractivity contribution in [2.45, 2.75) is 24.7 Å². The zero-order valence-electron chi connectivity index (χ0n) is 15.0. The Bertz CT molecular complexity index is 888. The summed E-state index contributed by atoms with van der Waals surface area (Å²) in [5, 5.41) is 0. The van der Waals surface area contributed by atoms with Gasteiger partial charge in [-0.15, -0.1) is 0 Å². The standard InChI is InChI=1S/C19H22F2N2O3S/c1-26-18-3-2-10-23(12-18)17-7-5-16(6-8-17)22-27(24,25)13-14-11-15(20)4-9-19(14)21/h4-9,11,18,22H,2-3,10,12-13H2,1H3. The van der Waals surface area contributed by atoms with Gasteiger partial charge in [0.25, 0.3) is 0 Å². The highest BCUT2D eigenvalue weighted by atomic mass is 32.2. The topological polar surface area (TPSA) is 58.6 Å². The minimum absolute atomic E-state index is 0.193. The van der Waals surface area contributed by atoms with Crippen molar-refractivity contribution in [3.63, 3.8) is 0 Å². The Hall–Kier alpha value is -2.19. The lowest BCUT2D eigenvalue weighted by atomic mass is 10.1. The molecule has 2 aromatic rings. The van der Waals surface area contributed by atoms with Crippen LogP contribution in [-0.2, 0) is 20.5 Å². The van der Waals surface area contributed by atoms with E-state index in [4.69, 9.17) is 4.74 Å². The normalized spacial score (nSPS) is 17.7. The molecule has 0 spiro atoms. The molecule has 1 heterocycles. The minimum atomic E-state index is -3.87. The summed E-state index contributed by atoms with van der Waals surface area (Å²) < 4.78 is 59.3. The summed E-state index contributed by atoms with van der Waals surface area (Å²) in [6.07, 6.45) is 2.26. The zero-order valence-corrected chi connectivity index (χ0v) is 15.8. The van der Waals surface area contributed by atoms with E-state index in [0.29, 0.717) is 5.69 Å². The fraction of sp³-hybridized carbons (Fsp3) is 0.368. The van der Waals surface area contributed by atoms with E-state index in [1.165, 1.54) is 0 Å². The Labute approximate surface area is 158 Å². The fourth-order valence-corrected chi connectivity index (χ4v) is 4.38. The van der Waals surface area contributed by atoms with Crippen LogP contribution in [0.3, 0.4) is 0 Å². The Morgan fingerprint density at radius 2 is 1.93 bits per heavy atom. The predicted octanol–water partition coefficient (Wildman–Crippen LogP) is 3.52. The van der Waals surface area contributed by atoms with Crippen molar-refractivity contribution >= 4 is 21.4 Å². The second-order valence-electron chi connectivity index (χ2n) is 6.59. The van der Waals surface area contributed by atoms with E-state index in [-0.39, 0.29) is 11.7 Å². The summed E-state index contributed by atoms with van der Waals surface area (Å²) in [6.45, 7) is 1.71. The van der Waals surface area contributed by atoms with E-state index >= 15 is 0 Å². The van der Waals surface area contributed by atoms with E-state index in [1.807, 2.05) is 12.1 Å². The third kappa shape index (κ3) is 5.17. The lowest BCUT2D eigenvalue weighted by molar-refractivity contribution is 0.0893. The van der Waals surface area contributed by atoms with Gasteiger partial charge in [-0.05, 0) is 55.3 Å². The molecule has 2 aromatic carbocycles. The van der Waals surface area contributed by atoms with Gasteiger partial charge in [0.2, 0.25) is 10.0 Å². The smallest absolute Gasteiger partial charge is 0.237 e. The highest BCUT2D eigenvalue weighted by Crippen LogP contribution is 2.24. The maximum atomic E-state index is 13.7. The molecule has 1 aliphatic rings. The lowest BCUT2D eigenvalue weighted by Crippen LogP contribution is -2.39. The molecular formula is C19H22F2N2O3S. The highest BCUT2D eigenvalue weighted by molar-refractivity contribution is 7.91. The number of nitrogens with zero attached hydrogens (tertiary/aromatic N) is 1. The van der Waals surface area contributed by atoms with E-state index in [0.717, 1.165) is 49.8 Å². The quantitative estimate of drug-likeness (QED) is 0.812. The molecule has 0 saturated carbocycles. The molecule has 0 bridgehead atoms. The van der Waals surface area contributed by atoms with Gasteiger partial charge in [-0.2, -0.15) is 0 Å². The number of hydrogen-bond acceptors (Lipinski definition) is 4. The molecule has 0 aromatic heterocycles. The summed E-state index contributed by atoms with van der Waals surface area (Å²) in [6, 6.07) is 9.74. The maximum absolute atomic E-state index is 13.7. The molecule has 0 radical (unpaired) electrons. The molecule has 1 aliphatic heterocycles. The van der Waals surface area contributed by atoms with Crippen LogP contribution in [0.15, 0.2) is 42.5 Å². The van der Waals surface area contributed by atoms with Gasteiger partial charge in [0.15, 0.2) is 0 Å². The summed E-state index contributed by atoms with van der Waals surface area (Å²) >= 11 is 0. The van der Waals surface area contributed by atoms with Gasteiger partial charge in [-0.25, -0.2) is 17.2 Å². The van der Waals surface area contributed by atoms with Crippen LogP contribution >= 0.6 is 0 Å². The number of sulfonamides is 1. The largest absolute Gasteiger partial charge is 0.380 e. The molecule has 8 heteroatoms. The molecule has 27 heavy (non-hydrogen) atoms. The van der Waals surface area contributed by atoms with Crippen molar-refractivity contribution < 1.29 is 21.9 Å². The number of benzene rings is 2. The molecular weight excluding hydrogens is 374 g/mol. The average Bonchev–Trinajstić information content (AvgIpc) is 2.65. The van der Waals surface area contributed by atoms with Crippen LogP contribution in [0, 0.1) is 11.6 Å². The van der Waals surface area contributed by atoms with Gasteiger partial charge in [-0.1, -0.05) is 0 Å². The first kappa shape index (κ1) is 19.6. The Morgan fingerprint density at radius 1 is 1.19 bits per heavy atom. The van der Waals surface area contributed by atoms with Gasteiger partial charge in [-0.3, -0.25) is 4.72 Å². The molecule has 0 amide bonds. The number of halogens is 2. The molecule has 0 aliphatic carbocycles. The van der Waals surface area contributed by atoms with Crippen LogP contribution in [0.5, 0.6) is 0 Å². The first-order valence-corrected chi connectivity index (χ1v) is 10.3. The first-order chi connectivity index (χ1) is 12.9. The van der Waals surface area contributed by atoms with Crippen molar-refractivity contribution in [1.29, 1.82) is 0 Å². The van der Waals surface area contributed by atoms with Crippen molar-refractivity contribution in [3.8, 4) is 0 Å². The van der Waals surface area contributed by atoms with Gasteiger partial charge < -0.3 is 9.64 Å². The van der Waals surface area contributed by atoms with Gasteiger partial charge in [0, 0.05) is 37.1 Å². The first-order valence-electron chi connectivity index (χ1n) is 8.68. The van der Waals surface area contributed by atoms with E-state index in [9.17, 15) is 17.2 Å². The monoisotopic (exact) mass is 396 g/mol. The van der Waals surface area contributed by atoms with Crippen molar-refractivity contribution in [1.82, 2.24) is 0 Å². The number of anilines is 2. The van der Waals surface area contributed by atoms with Crippen molar-refractivity contribution in [3.05, 3.63) is 59.7 Å².